The third-order valence-electron chi connectivity index (χ3n) is 5.98. The molecule has 2 heterocycles. The fourth-order valence-corrected chi connectivity index (χ4v) is 5.13. The van der Waals surface area contributed by atoms with E-state index in [1.807, 2.05) is 63.7 Å². The number of carbonyl (C=O) groups excluding carboxylic acids is 2. The van der Waals surface area contributed by atoms with Crippen molar-refractivity contribution in [2.24, 2.45) is 5.92 Å². The van der Waals surface area contributed by atoms with Crippen LogP contribution in [-0.2, 0) is 11.3 Å². The van der Waals surface area contributed by atoms with E-state index in [2.05, 4.69) is 6.58 Å². The van der Waals surface area contributed by atoms with E-state index in [0.717, 1.165) is 34.2 Å². The van der Waals surface area contributed by atoms with Crippen LogP contribution in [0.4, 0.5) is 0 Å². The molecule has 3 aromatic rings. The van der Waals surface area contributed by atoms with Crippen LogP contribution in [0.1, 0.15) is 28.1 Å². The maximum Gasteiger partial charge on any atom is 0.254 e. The van der Waals surface area contributed by atoms with Gasteiger partial charge in [0, 0.05) is 35.5 Å². The van der Waals surface area contributed by atoms with Gasteiger partial charge in [-0.1, -0.05) is 36.4 Å². The highest BCUT2D eigenvalue weighted by Gasteiger charge is 2.32. The fourth-order valence-electron chi connectivity index (χ4n) is 4.41. The zero-order valence-corrected chi connectivity index (χ0v) is 19.1. The lowest BCUT2D eigenvalue weighted by Gasteiger charge is -2.35. The topological polar surface area (TPSA) is 49.9 Å². The molecule has 166 valence electrons. The Bertz CT molecular complexity index is 1110. The van der Waals surface area contributed by atoms with E-state index in [1.165, 1.54) is 0 Å². The van der Waals surface area contributed by atoms with E-state index >= 15 is 0 Å². The average Bonchev–Trinajstić information content (AvgIpc) is 3.35. The molecule has 4 rings (SSSR count). The van der Waals surface area contributed by atoms with Crippen molar-refractivity contribution in [2.75, 3.05) is 26.7 Å². The van der Waals surface area contributed by atoms with Gasteiger partial charge in [-0.2, -0.15) is 0 Å². The van der Waals surface area contributed by atoms with E-state index in [-0.39, 0.29) is 17.7 Å². The number of nitrogens with zero attached hydrogens (tertiary/aromatic N) is 2. The zero-order chi connectivity index (χ0) is 22.5. The molecule has 0 radical (unpaired) electrons. The predicted molar refractivity (Wildman–Crippen MR) is 129 cm³/mol. The van der Waals surface area contributed by atoms with Crippen molar-refractivity contribution >= 4 is 33.9 Å². The van der Waals surface area contributed by atoms with Crippen LogP contribution in [0.15, 0.2) is 66.6 Å². The summed E-state index contributed by atoms with van der Waals surface area (Å²) in [5.41, 5.74) is 0.649. The molecule has 5 nitrogen and oxygen atoms in total. The second-order valence-corrected chi connectivity index (χ2v) is 9.07. The van der Waals surface area contributed by atoms with Crippen LogP contribution in [0.25, 0.3) is 10.8 Å². The lowest BCUT2D eigenvalue weighted by atomic mass is 9.95. The van der Waals surface area contributed by atoms with Crippen LogP contribution in [0, 0.1) is 5.92 Å². The Kier molecular flexibility index (Phi) is 6.90. The monoisotopic (exact) mass is 448 g/mol. The smallest absolute Gasteiger partial charge is 0.254 e. The number of amides is 2. The lowest BCUT2D eigenvalue weighted by molar-refractivity contribution is -0.137. The minimum Gasteiger partial charge on any atom is -0.496 e. The summed E-state index contributed by atoms with van der Waals surface area (Å²) in [7, 11) is 1.63. The largest absolute Gasteiger partial charge is 0.496 e. The van der Waals surface area contributed by atoms with E-state index in [1.54, 1.807) is 24.5 Å². The second kappa shape index (κ2) is 10.0. The van der Waals surface area contributed by atoms with Gasteiger partial charge in [0.2, 0.25) is 5.91 Å². The number of methoxy groups -OCH3 is 1. The first-order valence-electron chi connectivity index (χ1n) is 10.9. The SMILES string of the molecule is C=CCN(Cc1cccs1)C(=O)C1CCCN(C(=O)c2ccc(OC)c3ccccc23)C1. The Morgan fingerprint density at radius 1 is 1.19 bits per heavy atom. The molecule has 0 N–H and O–H groups in total. The molecular formula is C26H28N2O3S. The Hall–Kier alpha value is -3.12. The van der Waals surface area contributed by atoms with Gasteiger partial charge in [0.05, 0.1) is 19.6 Å². The molecular weight excluding hydrogens is 420 g/mol. The van der Waals surface area contributed by atoms with E-state index in [4.69, 9.17) is 4.74 Å². The highest BCUT2D eigenvalue weighted by Crippen LogP contribution is 2.30. The number of thiophene rings is 1. The van der Waals surface area contributed by atoms with Crippen LogP contribution in [0.2, 0.25) is 0 Å². The summed E-state index contributed by atoms with van der Waals surface area (Å²) in [6.45, 7) is 6.00. The number of carbonyl (C=O) groups is 2. The molecule has 1 atom stereocenters. The zero-order valence-electron chi connectivity index (χ0n) is 18.3. The van der Waals surface area contributed by atoms with Crippen molar-refractivity contribution < 1.29 is 14.3 Å². The molecule has 2 amide bonds. The maximum absolute atomic E-state index is 13.5. The lowest BCUT2D eigenvalue weighted by Crippen LogP contribution is -2.46. The standard InChI is InChI=1S/C26H28N2O3S/c1-3-14-27(18-20-9-7-16-32-20)25(29)19-8-6-15-28(17-19)26(30)23-12-13-24(31-2)22-11-5-4-10-21(22)23/h3-5,7,9-13,16,19H,1,6,8,14-15,17-18H2,2H3. The average molecular weight is 449 g/mol. The van der Waals surface area contributed by atoms with Gasteiger partial charge in [-0.15, -0.1) is 17.9 Å². The normalized spacial score (nSPS) is 16.0. The molecule has 0 saturated carbocycles. The summed E-state index contributed by atoms with van der Waals surface area (Å²) in [4.78, 5) is 31.6. The summed E-state index contributed by atoms with van der Waals surface area (Å²) in [5, 5.41) is 3.81. The molecule has 1 unspecified atom stereocenters. The molecule has 0 bridgehead atoms. The first-order valence-corrected chi connectivity index (χ1v) is 11.8. The van der Waals surface area contributed by atoms with E-state index < -0.39 is 0 Å². The number of rotatable bonds is 7. The number of hydrogen-bond donors (Lipinski definition) is 0. The maximum atomic E-state index is 13.5. The fraction of sp³-hybridized carbons (Fsp3) is 0.308. The molecule has 2 aromatic carbocycles. The number of ether oxygens (including phenoxy) is 1. The Morgan fingerprint density at radius 2 is 2.00 bits per heavy atom. The summed E-state index contributed by atoms with van der Waals surface area (Å²) in [6, 6.07) is 15.5. The highest BCUT2D eigenvalue weighted by atomic mass is 32.1. The van der Waals surface area contributed by atoms with Crippen LogP contribution < -0.4 is 4.74 Å². The van der Waals surface area contributed by atoms with Crippen LogP contribution >= 0.6 is 11.3 Å². The van der Waals surface area contributed by atoms with Gasteiger partial charge < -0.3 is 14.5 Å². The summed E-state index contributed by atoms with van der Waals surface area (Å²) >= 11 is 1.64. The number of piperidine rings is 1. The number of likely N-dealkylation sites (tertiary alicyclic amines) is 1. The first-order chi connectivity index (χ1) is 15.6. The van der Waals surface area contributed by atoms with Gasteiger partial charge in [-0.05, 0) is 41.8 Å². The molecule has 6 heteroatoms. The second-order valence-electron chi connectivity index (χ2n) is 8.04. The highest BCUT2D eigenvalue weighted by molar-refractivity contribution is 7.09. The van der Waals surface area contributed by atoms with Gasteiger partial charge in [0.15, 0.2) is 0 Å². The van der Waals surface area contributed by atoms with E-state index in [9.17, 15) is 9.59 Å². The molecule has 0 aliphatic carbocycles. The van der Waals surface area contributed by atoms with Gasteiger partial charge in [0.1, 0.15) is 5.75 Å². The third-order valence-corrected chi connectivity index (χ3v) is 6.84. The Morgan fingerprint density at radius 3 is 2.72 bits per heavy atom. The van der Waals surface area contributed by atoms with Crippen LogP contribution in [-0.4, -0.2) is 48.4 Å². The predicted octanol–water partition coefficient (Wildman–Crippen LogP) is 4.98. The van der Waals surface area contributed by atoms with Crippen molar-refractivity contribution in [2.45, 2.75) is 19.4 Å². The molecule has 1 aliphatic rings. The number of benzene rings is 2. The number of hydrogen-bond acceptors (Lipinski definition) is 4. The van der Waals surface area contributed by atoms with Crippen molar-refractivity contribution in [3.8, 4) is 5.75 Å². The number of fused-ring (bicyclic) bond motifs is 1. The van der Waals surface area contributed by atoms with Crippen molar-refractivity contribution in [1.82, 2.24) is 9.80 Å². The van der Waals surface area contributed by atoms with Gasteiger partial charge in [0.25, 0.3) is 5.91 Å². The van der Waals surface area contributed by atoms with Crippen molar-refractivity contribution in [1.29, 1.82) is 0 Å². The molecule has 1 aliphatic heterocycles. The van der Waals surface area contributed by atoms with Crippen molar-refractivity contribution in [3.63, 3.8) is 0 Å². The minimum atomic E-state index is -0.197. The molecule has 1 saturated heterocycles. The molecule has 1 aromatic heterocycles. The summed E-state index contributed by atoms with van der Waals surface area (Å²) in [6.07, 6.45) is 3.38. The minimum absolute atomic E-state index is 0.0325. The third kappa shape index (κ3) is 4.55. The summed E-state index contributed by atoms with van der Waals surface area (Å²) < 4.78 is 5.47. The molecule has 32 heavy (non-hydrogen) atoms. The molecule has 1 fully saturated rings. The molecule has 0 spiro atoms. The van der Waals surface area contributed by atoms with E-state index in [0.29, 0.717) is 31.7 Å². The van der Waals surface area contributed by atoms with Gasteiger partial charge in [-0.3, -0.25) is 9.59 Å². The van der Waals surface area contributed by atoms with Crippen LogP contribution in [0.5, 0.6) is 5.75 Å². The Balaban J connectivity index is 1.53. The van der Waals surface area contributed by atoms with Gasteiger partial charge >= 0.3 is 0 Å². The van der Waals surface area contributed by atoms with Gasteiger partial charge in [-0.25, -0.2) is 0 Å². The quantitative estimate of drug-likeness (QED) is 0.479. The Labute approximate surface area is 192 Å². The first kappa shape index (κ1) is 22.1. The van der Waals surface area contributed by atoms with Crippen LogP contribution in [0.3, 0.4) is 0 Å². The van der Waals surface area contributed by atoms with Crippen molar-refractivity contribution in [3.05, 3.63) is 77.0 Å². The summed E-state index contributed by atoms with van der Waals surface area (Å²) in [5.74, 6) is 0.611.